The second-order valence-corrected chi connectivity index (χ2v) is 6.24. The number of rotatable bonds is 6. The number of pyridine rings is 1. The van der Waals surface area contributed by atoms with Crippen molar-refractivity contribution in [3.8, 4) is 17.2 Å². The van der Waals surface area contributed by atoms with Crippen LogP contribution >= 0.6 is 0 Å². The Morgan fingerprint density at radius 3 is 2.33 bits per heavy atom. The fraction of sp³-hybridized carbons (Fsp3) is 0.278. The van der Waals surface area contributed by atoms with E-state index in [4.69, 9.17) is 9.84 Å². The molecule has 0 spiro atoms. The van der Waals surface area contributed by atoms with E-state index in [1.807, 2.05) is 19.1 Å². The summed E-state index contributed by atoms with van der Waals surface area (Å²) in [6.07, 6.45) is 1.06. The molecule has 0 aliphatic heterocycles. The van der Waals surface area contributed by atoms with Crippen LogP contribution in [0.2, 0.25) is 0 Å². The zero-order valence-electron chi connectivity index (χ0n) is 13.7. The summed E-state index contributed by atoms with van der Waals surface area (Å²) < 4.78 is 5.56. The van der Waals surface area contributed by atoms with Gasteiger partial charge in [-0.15, -0.1) is 0 Å². The van der Waals surface area contributed by atoms with Crippen LogP contribution < -0.4 is 4.74 Å². The number of ether oxygens (including phenoxy) is 1. The zero-order chi connectivity index (χ0) is 17.9. The maximum atomic E-state index is 12.2. The van der Waals surface area contributed by atoms with E-state index in [0.29, 0.717) is 5.75 Å². The highest BCUT2D eigenvalue weighted by Crippen LogP contribution is 2.29. The third-order valence-electron chi connectivity index (χ3n) is 3.54. The number of aromatic nitrogens is 1. The van der Waals surface area contributed by atoms with Crippen molar-refractivity contribution in [1.82, 2.24) is 4.98 Å². The standard InChI is InChI=1S/C18H19NO5/c1-11-4-6-12(7-5-11)24-13-8-14(20)16(19-10-13)15(21)9-18(2,3)17(22)23/h4-8,10,20H,9H2,1-3H3,(H,22,23). The monoisotopic (exact) mass is 329 g/mol. The molecule has 0 aliphatic rings. The molecule has 0 aliphatic carbocycles. The van der Waals surface area contributed by atoms with Crippen molar-refractivity contribution in [1.29, 1.82) is 0 Å². The average molecular weight is 329 g/mol. The van der Waals surface area contributed by atoms with Gasteiger partial charge in [-0.1, -0.05) is 17.7 Å². The van der Waals surface area contributed by atoms with Crippen LogP contribution in [-0.4, -0.2) is 26.9 Å². The van der Waals surface area contributed by atoms with Gasteiger partial charge in [-0.3, -0.25) is 9.59 Å². The lowest BCUT2D eigenvalue weighted by molar-refractivity contribution is -0.146. The minimum Gasteiger partial charge on any atom is -0.505 e. The summed E-state index contributed by atoms with van der Waals surface area (Å²) in [4.78, 5) is 27.2. The van der Waals surface area contributed by atoms with Crippen LogP contribution in [0.15, 0.2) is 36.5 Å². The Bertz CT molecular complexity index is 765. The van der Waals surface area contributed by atoms with Crippen LogP contribution in [0.3, 0.4) is 0 Å². The third-order valence-corrected chi connectivity index (χ3v) is 3.54. The number of Topliss-reactive ketones (excluding diaryl/α,β-unsaturated/α-hetero) is 1. The number of aromatic hydroxyl groups is 1. The number of aryl methyl sites for hydroxylation is 1. The Morgan fingerprint density at radius 2 is 1.79 bits per heavy atom. The Hall–Kier alpha value is -2.89. The van der Waals surface area contributed by atoms with Crippen molar-refractivity contribution < 1.29 is 24.5 Å². The molecule has 0 saturated heterocycles. The molecule has 0 fully saturated rings. The quantitative estimate of drug-likeness (QED) is 0.786. The van der Waals surface area contributed by atoms with Crippen LogP contribution in [0.4, 0.5) is 0 Å². The maximum absolute atomic E-state index is 12.2. The van der Waals surface area contributed by atoms with Gasteiger partial charge in [-0.2, -0.15) is 0 Å². The number of carbonyl (C=O) groups excluding carboxylic acids is 1. The predicted molar refractivity (Wildman–Crippen MR) is 87.5 cm³/mol. The Balaban J connectivity index is 2.16. The van der Waals surface area contributed by atoms with Gasteiger partial charge in [0.05, 0.1) is 11.6 Å². The molecule has 0 amide bonds. The van der Waals surface area contributed by atoms with E-state index in [-0.39, 0.29) is 23.6 Å². The van der Waals surface area contributed by atoms with Gasteiger partial charge in [-0.05, 0) is 32.9 Å². The number of ketones is 1. The van der Waals surface area contributed by atoms with Crippen molar-refractivity contribution in [2.45, 2.75) is 27.2 Å². The minimum absolute atomic E-state index is 0.166. The van der Waals surface area contributed by atoms with Crippen LogP contribution in [0, 0.1) is 12.3 Å². The SMILES string of the molecule is Cc1ccc(Oc2cnc(C(=O)CC(C)(C)C(=O)O)c(O)c2)cc1. The summed E-state index contributed by atoms with van der Waals surface area (Å²) in [5, 5.41) is 19.1. The predicted octanol–water partition coefficient (Wildman–Crippen LogP) is 3.57. The molecular formula is C18H19NO5. The molecule has 6 nitrogen and oxygen atoms in total. The summed E-state index contributed by atoms with van der Waals surface area (Å²) in [6, 6.07) is 8.61. The second kappa shape index (κ2) is 6.70. The Labute approximate surface area is 139 Å². The number of hydrogen-bond acceptors (Lipinski definition) is 5. The van der Waals surface area contributed by atoms with Crippen LogP contribution in [-0.2, 0) is 4.79 Å². The molecule has 0 radical (unpaired) electrons. The summed E-state index contributed by atoms with van der Waals surface area (Å²) >= 11 is 0. The second-order valence-electron chi connectivity index (χ2n) is 6.24. The average Bonchev–Trinajstić information content (AvgIpc) is 2.49. The maximum Gasteiger partial charge on any atom is 0.309 e. The highest BCUT2D eigenvalue weighted by Gasteiger charge is 2.31. The largest absolute Gasteiger partial charge is 0.505 e. The van der Waals surface area contributed by atoms with Gasteiger partial charge in [0.1, 0.15) is 22.9 Å². The number of aliphatic carboxylic acids is 1. The molecular weight excluding hydrogens is 310 g/mol. The van der Waals surface area contributed by atoms with E-state index in [1.54, 1.807) is 12.1 Å². The van der Waals surface area contributed by atoms with Gasteiger partial charge < -0.3 is 14.9 Å². The molecule has 1 aromatic carbocycles. The number of carboxylic acids is 1. The van der Waals surface area contributed by atoms with E-state index in [9.17, 15) is 14.7 Å². The van der Waals surface area contributed by atoms with Crippen LogP contribution in [0.5, 0.6) is 17.2 Å². The summed E-state index contributed by atoms with van der Waals surface area (Å²) in [7, 11) is 0. The van der Waals surface area contributed by atoms with Gasteiger partial charge in [0.15, 0.2) is 5.78 Å². The first-order valence-electron chi connectivity index (χ1n) is 7.39. The lowest BCUT2D eigenvalue weighted by atomic mass is 9.86. The summed E-state index contributed by atoms with van der Waals surface area (Å²) in [6.45, 7) is 4.84. The molecule has 1 heterocycles. The Morgan fingerprint density at radius 1 is 1.17 bits per heavy atom. The number of nitrogens with zero attached hydrogens (tertiary/aromatic N) is 1. The van der Waals surface area contributed by atoms with Crippen LogP contribution in [0.25, 0.3) is 0 Å². The van der Waals surface area contributed by atoms with Gasteiger partial charge in [-0.25, -0.2) is 4.98 Å². The van der Waals surface area contributed by atoms with E-state index < -0.39 is 17.2 Å². The molecule has 2 rings (SSSR count). The van der Waals surface area contributed by atoms with E-state index >= 15 is 0 Å². The van der Waals surface area contributed by atoms with Gasteiger partial charge in [0, 0.05) is 12.5 Å². The van der Waals surface area contributed by atoms with Crippen molar-refractivity contribution in [3.05, 3.63) is 47.8 Å². The highest BCUT2D eigenvalue weighted by molar-refractivity contribution is 5.99. The molecule has 6 heteroatoms. The smallest absolute Gasteiger partial charge is 0.309 e. The van der Waals surface area contributed by atoms with Gasteiger partial charge in [0.25, 0.3) is 0 Å². The molecule has 0 bridgehead atoms. The van der Waals surface area contributed by atoms with Crippen molar-refractivity contribution >= 4 is 11.8 Å². The first-order chi connectivity index (χ1) is 11.2. The van der Waals surface area contributed by atoms with E-state index in [2.05, 4.69) is 4.98 Å². The first-order valence-corrected chi connectivity index (χ1v) is 7.39. The van der Waals surface area contributed by atoms with E-state index in [1.165, 1.54) is 26.1 Å². The summed E-state index contributed by atoms with van der Waals surface area (Å²) in [5.74, 6) is -1.11. The molecule has 1 aromatic heterocycles. The fourth-order valence-corrected chi connectivity index (χ4v) is 2.01. The molecule has 24 heavy (non-hydrogen) atoms. The third kappa shape index (κ3) is 4.10. The molecule has 0 saturated carbocycles. The number of hydrogen-bond donors (Lipinski definition) is 2. The van der Waals surface area contributed by atoms with Gasteiger partial charge >= 0.3 is 5.97 Å². The topological polar surface area (TPSA) is 96.7 Å². The van der Waals surface area contributed by atoms with Crippen molar-refractivity contribution in [3.63, 3.8) is 0 Å². The first kappa shape index (κ1) is 17.5. The lowest BCUT2D eigenvalue weighted by Crippen LogP contribution is -2.27. The number of benzene rings is 1. The Kier molecular flexibility index (Phi) is 4.87. The minimum atomic E-state index is -1.23. The normalized spacial score (nSPS) is 11.1. The fourth-order valence-electron chi connectivity index (χ4n) is 2.01. The molecule has 2 N–H and O–H groups in total. The number of carboxylic acid groups (broad SMARTS) is 1. The van der Waals surface area contributed by atoms with Crippen molar-refractivity contribution in [2.24, 2.45) is 5.41 Å². The highest BCUT2D eigenvalue weighted by atomic mass is 16.5. The van der Waals surface area contributed by atoms with Crippen LogP contribution in [0.1, 0.15) is 36.3 Å². The van der Waals surface area contributed by atoms with Gasteiger partial charge in [0.2, 0.25) is 0 Å². The van der Waals surface area contributed by atoms with Crippen molar-refractivity contribution in [2.75, 3.05) is 0 Å². The molecule has 0 atom stereocenters. The summed E-state index contributed by atoms with van der Waals surface area (Å²) in [5.41, 5.74) is -0.312. The molecule has 2 aromatic rings. The molecule has 126 valence electrons. The molecule has 0 unspecified atom stereocenters. The van der Waals surface area contributed by atoms with E-state index in [0.717, 1.165) is 5.56 Å². The zero-order valence-corrected chi connectivity index (χ0v) is 13.7. The number of carbonyl (C=O) groups is 2. The lowest BCUT2D eigenvalue weighted by Gasteiger charge is -2.17.